The minimum atomic E-state index is -0.438. The maximum absolute atomic E-state index is 12.9. The summed E-state index contributed by atoms with van der Waals surface area (Å²) in [6, 6.07) is 14.8. The highest BCUT2D eigenvalue weighted by Crippen LogP contribution is 2.35. The number of hydrogen-bond acceptors (Lipinski definition) is 5. The highest BCUT2D eigenvalue weighted by molar-refractivity contribution is 6.36. The zero-order chi connectivity index (χ0) is 24.2. The van der Waals surface area contributed by atoms with Gasteiger partial charge in [0.2, 0.25) is 0 Å². The van der Waals surface area contributed by atoms with Gasteiger partial charge in [0, 0.05) is 39.0 Å². The molecule has 3 aromatic rings. The van der Waals surface area contributed by atoms with Crippen LogP contribution in [0.15, 0.2) is 54.7 Å². The van der Waals surface area contributed by atoms with Crippen LogP contribution in [0.2, 0.25) is 10.0 Å². The summed E-state index contributed by atoms with van der Waals surface area (Å²) >= 11 is 12.7. The summed E-state index contributed by atoms with van der Waals surface area (Å²) in [6.45, 7) is 3.83. The Bertz CT molecular complexity index is 1160. The van der Waals surface area contributed by atoms with Crippen molar-refractivity contribution in [3.05, 3.63) is 75.9 Å². The minimum Gasteiger partial charge on any atom is -0.482 e. The van der Waals surface area contributed by atoms with E-state index in [2.05, 4.69) is 22.2 Å². The molecule has 1 fully saturated rings. The molecule has 3 N–H and O–H groups in total. The summed E-state index contributed by atoms with van der Waals surface area (Å²) in [7, 11) is 2.10. The van der Waals surface area contributed by atoms with Gasteiger partial charge in [-0.1, -0.05) is 41.4 Å². The molecule has 1 unspecified atom stereocenters. The average Bonchev–Trinajstić information content (AvgIpc) is 2.82. The molecular weight excluding hydrogens is 471 g/mol. The molecule has 0 spiro atoms. The lowest BCUT2D eigenvalue weighted by molar-refractivity contribution is 0.0917. The predicted molar refractivity (Wildman–Crippen MR) is 138 cm³/mol. The fraction of sp³-hybridized carbons (Fsp3) is 0.308. The Kier molecular flexibility index (Phi) is 7.61. The standard InChI is InChI=1S/C26H28Cl2N4O2/c1-16(24-21(27)7-4-8-22(24)28)34-23-14-19(15-30-25(23)29)17-5-3-6-18(13-17)26(33)31-20-9-11-32(2)12-10-20/h3-8,13-16,20H,9-12H2,1-2H3,(H2,29,30)(H,31,33). The lowest BCUT2D eigenvalue weighted by atomic mass is 10.0. The van der Waals surface area contributed by atoms with E-state index in [0.717, 1.165) is 37.1 Å². The minimum absolute atomic E-state index is 0.0711. The van der Waals surface area contributed by atoms with Crippen molar-refractivity contribution in [2.24, 2.45) is 0 Å². The summed E-state index contributed by atoms with van der Waals surface area (Å²) < 4.78 is 6.10. The Morgan fingerprint density at radius 1 is 1.12 bits per heavy atom. The van der Waals surface area contributed by atoms with E-state index in [4.69, 9.17) is 33.7 Å². The fourth-order valence-corrected chi connectivity index (χ4v) is 4.82. The number of nitrogens with zero attached hydrogens (tertiary/aromatic N) is 2. The Morgan fingerprint density at radius 3 is 2.50 bits per heavy atom. The van der Waals surface area contributed by atoms with E-state index in [-0.39, 0.29) is 17.8 Å². The summed E-state index contributed by atoms with van der Waals surface area (Å²) in [5, 5.41) is 4.20. The Labute approximate surface area is 210 Å². The number of nitrogen functional groups attached to an aromatic ring is 1. The van der Waals surface area contributed by atoms with Gasteiger partial charge in [0.05, 0.1) is 0 Å². The number of pyridine rings is 1. The van der Waals surface area contributed by atoms with Gasteiger partial charge in [-0.25, -0.2) is 4.98 Å². The Balaban J connectivity index is 1.53. The van der Waals surface area contributed by atoms with E-state index in [1.165, 1.54) is 0 Å². The third kappa shape index (κ3) is 5.63. The number of aromatic nitrogens is 1. The van der Waals surface area contributed by atoms with Crippen molar-refractivity contribution in [3.8, 4) is 16.9 Å². The first-order valence-electron chi connectivity index (χ1n) is 11.3. The number of carbonyl (C=O) groups excluding carboxylic acids is 1. The van der Waals surface area contributed by atoms with Gasteiger partial charge in [-0.3, -0.25) is 4.79 Å². The highest BCUT2D eigenvalue weighted by Gasteiger charge is 2.20. The quantitative estimate of drug-likeness (QED) is 0.462. The van der Waals surface area contributed by atoms with Gasteiger partial charge in [-0.15, -0.1) is 0 Å². The molecule has 1 aromatic heterocycles. The van der Waals surface area contributed by atoms with E-state index in [0.29, 0.717) is 26.9 Å². The molecule has 1 amide bonds. The first kappa shape index (κ1) is 24.3. The van der Waals surface area contributed by atoms with Gasteiger partial charge in [-0.2, -0.15) is 0 Å². The normalized spacial score (nSPS) is 15.6. The second-order valence-electron chi connectivity index (χ2n) is 8.63. The molecule has 0 aliphatic carbocycles. The van der Waals surface area contributed by atoms with E-state index in [1.54, 1.807) is 24.4 Å². The van der Waals surface area contributed by atoms with Gasteiger partial charge in [0.25, 0.3) is 5.91 Å². The molecule has 2 heterocycles. The maximum atomic E-state index is 12.9. The first-order valence-corrected chi connectivity index (χ1v) is 12.0. The summed E-state index contributed by atoms with van der Waals surface area (Å²) in [5.74, 6) is 0.607. The largest absolute Gasteiger partial charge is 0.482 e. The summed E-state index contributed by atoms with van der Waals surface area (Å²) in [6.07, 6.45) is 3.15. The number of hydrogen-bond donors (Lipinski definition) is 2. The molecule has 0 radical (unpaired) electrons. The van der Waals surface area contributed by atoms with Crippen molar-refractivity contribution < 1.29 is 9.53 Å². The highest BCUT2D eigenvalue weighted by atomic mass is 35.5. The third-order valence-corrected chi connectivity index (χ3v) is 6.76. The van der Waals surface area contributed by atoms with Gasteiger partial charge in [-0.05, 0) is 75.8 Å². The van der Waals surface area contributed by atoms with Crippen LogP contribution in [0.5, 0.6) is 5.75 Å². The molecule has 1 saturated heterocycles. The number of piperidine rings is 1. The molecule has 1 aliphatic heterocycles. The molecule has 0 bridgehead atoms. The van der Waals surface area contributed by atoms with Crippen molar-refractivity contribution in [2.75, 3.05) is 25.9 Å². The number of likely N-dealkylation sites (tertiary alicyclic amines) is 1. The van der Waals surface area contributed by atoms with Crippen LogP contribution in [0.1, 0.15) is 41.8 Å². The van der Waals surface area contributed by atoms with Gasteiger partial charge >= 0.3 is 0 Å². The molecule has 8 heteroatoms. The van der Waals surface area contributed by atoms with Crippen LogP contribution < -0.4 is 15.8 Å². The van der Waals surface area contributed by atoms with Gasteiger partial charge < -0.3 is 20.7 Å². The Hall–Kier alpha value is -2.80. The fourth-order valence-electron chi connectivity index (χ4n) is 4.12. The van der Waals surface area contributed by atoms with Crippen molar-refractivity contribution >= 4 is 34.9 Å². The number of anilines is 1. The van der Waals surface area contributed by atoms with Crippen molar-refractivity contribution in [1.82, 2.24) is 15.2 Å². The van der Waals surface area contributed by atoms with Crippen molar-refractivity contribution in [2.45, 2.75) is 31.9 Å². The van der Waals surface area contributed by atoms with E-state index in [9.17, 15) is 4.79 Å². The van der Waals surface area contributed by atoms with E-state index < -0.39 is 6.10 Å². The van der Waals surface area contributed by atoms with Gasteiger partial charge in [0.1, 0.15) is 6.10 Å². The number of rotatable bonds is 6. The molecular formula is C26H28Cl2N4O2. The topological polar surface area (TPSA) is 80.5 Å². The van der Waals surface area contributed by atoms with Crippen LogP contribution in [-0.2, 0) is 0 Å². The van der Waals surface area contributed by atoms with E-state index >= 15 is 0 Å². The van der Waals surface area contributed by atoms with Crippen LogP contribution >= 0.6 is 23.2 Å². The lowest BCUT2D eigenvalue weighted by Crippen LogP contribution is -2.43. The maximum Gasteiger partial charge on any atom is 0.251 e. The SMILES string of the molecule is CC(Oc1cc(-c2cccc(C(=O)NC3CCN(C)CC3)c2)cnc1N)c1c(Cl)cccc1Cl. The predicted octanol–water partition coefficient (Wildman–Crippen LogP) is 5.60. The molecule has 1 aliphatic rings. The lowest BCUT2D eigenvalue weighted by Gasteiger charge is -2.29. The molecule has 178 valence electrons. The number of nitrogens with one attached hydrogen (secondary N) is 1. The molecule has 2 aromatic carbocycles. The third-order valence-electron chi connectivity index (χ3n) is 6.10. The molecule has 1 atom stereocenters. The van der Waals surface area contributed by atoms with Crippen LogP contribution in [0.25, 0.3) is 11.1 Å². The second kappa shape index (κ2) is 10.6. The second-order valence-corrected chi connectivity index (χ2v) is 9.45. The number of halogens is 2. The average molecular weight is 499 g/mol. The summed E-state index contributed by atoms with van der Waals surface area (Å²) in [4.78, 5) is 19.4. The Morgan fingerprint density at radius 2 is 1.79 bits per heavy atom. The summed E-state index contributed by atoms with van der Waals surface area (Å²) in [5.41, 5.74) is 9.01. The van der Waals surface area contributed by atoms with Crippen LogP contribution in [0, 0.1) is 0 Å². The molecule has 6 nitrogen and oxygen atoms in total. The van der Waals surface area contributed by atoms with Crippen molar-refractivity contribution in [3.63, 3.8) is 0 Å². The molecule has 0 saturated carbocycles. The number of carbonyl (C=O) groups is 1. The monoisotopic (exact) mass is 498 g/mol. The molecule has 4 rings (SSSR count). The molecule has 34 heavy (non-hydrogen) atoms. The zero-order valence-corrected chi connectivity index (χ0v) is 20.7. The first-order chi connectivity index (χ1) is 16.3. The van der Waals surface area contributed by atoms with Crippen LogP contribution in [0.4, 0.5) is 5.82 Å². The van der Waals surface area contributed by atoms with Crippen LogP contribution in [0.3, 0.4) is 0 Å². The smallest absolute Gasteiger partial charge is 0.251 e. The number of nitrogens with two attached hydrogens (primary N) is 1. The van der Waals surface area contributed by atoms with Crippen molar-refractivity contribution in [1.29, 1.82) is 0 Å². The number of benzene rings is 2. The number of ether oxygens (including phenoxy) is 1. The zero-order valence-electron chi connectivity index (χ0n) is 19.2. The van der Waals surface area contributed by atoms with E-state index in [1.807, 2.05) is 37.3 Å². The number of amides is 1. The van der Waals surface area contributed by atoms with Crippen LogP contribution in [-0.4, -0.2) is 42.0 Å². The van der Waals surface area contributed by atoms with Gasteiger partial charge in [0.15, 0.2) is 11.6 Å².